The maximum Gasteiger partial charge on any atom is 0.259 e. The first kappa shape index (κ1) is 17.9. The number of anilines is 1. The zero-order chi connectivity index (χ0) is 19.4. The summed E-state index contributed by atoms with van der Waals surface area (Å²) in [7, 11) is -1.61. The summed E-state index contributed by atoms with van der Waals surface area (Å²) in [6.07, 6.45) is 0.0654. The van der Waals surface area contributed by atoms with Crippen LogP contribution in [0.4, 0.5) is 5.69 Å². The van der Waals surface area contributed by atoms with Gasteiger partial charge in [-0.15, -0.1) is 0 Å². The number of β-lactam (4-membered cyclic amide) rings is 1. The van der Waals surface area contributed by atoms with E-state index in [0.29, 0.717) is 6.54 Å². The summed E-state index contributed by atoms with van der Waals surface area (Å²) in [5.74, 6) is -0.419. The van der Waals surface area contributed by atoms with Gasteiger partial charge < -0.3 is 4.90 Å². The van der Waals surface area contributed by atoms with Crippen LogP contribution in [0, 0.1) is 0 Å². The lowest BCUT2D eigenvalue weighted by Gasteiger charge is -2.49. The average Bonchev–Trinajstić information content (AvgIpc) is 2.86. The summed E-state index contributed by atoms with van der Waals surface area (Å²) < 4.78 is 13.8. The first-order valence-electron chi connectivity index (χ1n) is 8.97. The average molecular weight is 382 g/mol. The molecule has 1 fully saturated rings. The fourth-order valence-corrected chi connectivity index (χ4v) is 5.11. The standard InChI is InChI=1S/C21H22N2O3S/c1-20(2,3)27(26)23-18(24)13-21(23)16-11-7-8-12-17(16)22(19(21)25)14-15-9-5-4-6-10-15/h4-12H,13-14H2,1-3H3/t21-,27?/m0/s1. The van der Waals surface area contributed by atoms with Gasteiger partial charge in [0.25, 0.3) is 5.91 Å². The van der Waals surface area contributed by atoms with Gasteiger partial charge in [0.1, 0.15) is 11.0 Å². The van der Waals surface area contributed by atoms with Crippen LogP contribution in [-0.2, 0) is 32.7 Å². The quantitative estimate of drug-likeness (QED) is 0.767. The molecule has 2 heterocycles. The van der Waals surface area contributed by atoms with Gasteiger partial charge in [-0.2, -0.15) is 0 Å². The van der Waals surface area contributed by atoms with E-state index < -0.39 is 21.3 Å². The van der Waals surface area contributed by atoms with Crippen molar-refractivity contribution < 1.29 is 13.8 Å². The highest BCUT2D eigenvalue weighted by atomic mass is 32.2. The first-order chi connectivity index (χ1) is 12.8. The van der Waals surface area contributed by atoms with E-state index in [4.69, 9.17) is 0 Å². The first-order valence-corrected chi connectivity index (χ1v) is 10.1. The maximum absolute atomic E-state index is 13.6. The van der Waals surface area contributed by atoms with Gasteiger partial charge in [0.2, 0.25) is 5.91 Å². The Morgan fingerprint density at radius 1 is 1.00 bits per heavy atom. The molecule has 6 heteroatoms. The van der Waals surface area contributed by atoms with Gasteiger partial charge in [0.15, 0.2) is 5.54 Å². The Hall–Kier alpha value is -2.47. The Morgan fingerprint density at radius 3 is 2.26 bits per heavy atom. The molecular formula is C21H22N2O3S. The number of para-hydroxylation sites is 1. The molecular weight excluding hydrogens is 360 g/mol. The maximum atomic E-state index is 13.6. The number of carbonyl (C=O) groups excluding carboxylic acids is 2. The number of hydrogen-bond donors (Lipinski definition) is 0. The second-order valence-electron chi connectivity index (χ2n) is 7.98. The number of hydrogen-bond acceptors (Lipinski definition) is 3. The van der Waals surface area contributed by atoms with Crippen LogP contribution in [0.2, 0.25) is 0 Å². The highest BCUT2D eigenvalue weighted by Gasteiger charge is 2.66. The smallest absolute Gasteiger partial charge is 0.259 e. The molecule has 140 valence electrons. The normalized spacial score (nSPS) is 22.8. The van der Waals surface area contributed by atoms with E-state index >= 15 is 0 Å². The number of fused-ring (bicyclic) bond motifs is 2. The van der Waals surface area contributed by atoms with Crippen molar-refractivity contribution in [2.24, 2.45) is 0 Å². The Bertz CT molecular complexity index is 951. The highest BCUT2D eigenvalue weighted by Crippen LogP contribution is 2.53. The molecule has 2 amide bonds. The summed E-state index contributed by atoms with van der Waals surface area (Å²) in [5.41, 5.74) is 1.41. The van der Waals surface area contributed by atoms with Crippen molar-refractivity contribution in [1.29, 1.82) is 0 Å². The molecule has 0 aromatic heterocycles. The zero-order valence-electron chi connectivity index (χ0n) is 15.6. The van der Waals surface area contributed by atoms with Gasteiger partial charge in [-0.05, 0) is 32.4 Å². The summed E-state index contributed by atoms with van der Waals surface area (Å²) in [6.45, 7) is 5.86. The van der Waals surface area contributed by atoms with Crippen molar-refractivity contribution in [1.82, 2.24) is 4.31 Å². The van der Waals surface area contributed by atoms with E-state index in [1.807, 2.05) is 75.4 Å². The molecule has 4 rings (SSSR count). The van der Waals surface area contributed by atoms with Crippen LogP contribution in [0.1, 0.15) is 38.3 Å². The van der Waals surface area contributed by atoms with Crippen LogP contribution in [0.15, 0.2) is 54.6 Å². The van der Waals surface area contributed by atoms with Crippen molar-refractivity contribution in [3.63, 3.8) is 0 Å². The lowest BCUT2D eigenvalue weighted by Crippen LogP contribution is -2.67. The van der Waals surface area contributed by atoms with Gasteiger partial charge in [0.05, 0.1) is 23.4 Å². The third-order valence-electron chi connectivity index (χ3n) is 5.09. The van der Waals surface area contributed by atoms with Crippen LogP contribution in [0.25, 0.3) is 0 Å². The number of benzene rings is 2. The van der Waals surface area contributed by atoms with Crippen LogP contribution >= 0.6 is 0 Å². The predicted molar refractivity (Wildman–Crippen MR) is 105 cm³/mol. The number of rotatable bonds is 3. The molecule has 0 saturated carbocycles. The van der Waals surface area contributed by atoms with Crippen LogP contribution in [0.5, 0.6) is 0 Å². The molecule has 1 unspecified atom stereocenters. The van der Waals surface area contributed by atoms with Crippen molar-refractivity contribution in [2.75, 3.05) is 4.90 Å². The molecule has 2 aliphatic rings. The summed E-state index contributed by atoms with van der Waals surface area (Å²) >= 11 is 0. The second-order valence-corrected chi connectivity index (χ2v) is 10.1. The third kappa shape index (κ3) is 2.54. The van der Waals surface area contributed by atoms with Gasteiger partial charge in [-0.25, -0.2) is 8.51 Å². The molecule has 5 nitrogen and oxygen atoms in total. The largest absolute Gasteiger partial charge is 0.305 e. The molecule has 0 bridgehead atoms. The Morgan fingerprint density at radius 2 is 1.63 bits per heavy atom. The van der Waals surface area contributed by atoms with E-state index in [0.717, 1.165) is 16.8 Å². The van der Waals surface area contributed by atoms with E-state index in [2.05, 4.69) is 0 Å². The molecule has 1 saturated heterocycles. The van der Waals surface area contributed by atoms with Crippen molar-refractivity contribution >= 4 is 28.5 Å². The Balaban J connectivity index is 1.80. The van der Waals surface area contributed by atoms with E-state index in [9.17, 15) is 13.8 Å². The SMILES string of the molecule is CC(C)(C)S(=O)N1C(=O)C[C@]12C(=O)N(Cc1ccccc1)c1ccccc12. The highest BCUT2D eigenvalue weighted by molar-refractivity contribution is 7.84. The number of nitrogens with zero attached hydrogens (tertiary/aromatic N) is 2. The summed E-state index contributed by atoms with van der Waals surface area (Å²) in [5, 5.41) is 0. The zero-order valence-corrected chi connectivity index (χ0v) is 16.5. The minimum Gasteiger partial charge on any atom is -0.305 e. The van der Waals surface area contributed by atoms with Gasteiger partial charge >= 0.3 is 0 Å². The van der Waals surface area contributed by atoms with Crippen molar-refractivity contribution in [2.45, 2.75) is 44.0 Å². The molecule has 2 aliphatic heterocycles. The molecule has 2 atom stereocenters. The van der Waals surface area contributed by atoms with Crippen LogP contribution in [-0.4, -0.2) is 25.1 Å². The third-order valence-corrected chi connectivity index (χ3v) is 6.99. The molecule has 1 spiro atoms. The van der Waals surface area contributed by atoms with Gasteiger partial charge in [-0.3, -0.25) is 9.59 Å². The van der Waals surface area contributed by atoms with Crippen LogP contribution < -0.4 is 4.90 Å². The lowest BCUT2D eigenvalue weighted by molar-refractivity contribution is -0.154. The summed E-state index contributed by atoms with van der Waals surface area (Å²) in [4.78, 5) is 27.7. The van der Waals surface area contributed by atoms with Gasteiger partial charge in [0, 0.05) is 5.56 Å². The minimum absolute atomic E-state index is 0.0654. The van der Waals surface area contributed by atoms with Gasteiger partial charge in [-0.1, -0.05) is 48.5 Å². The molecule has 27 heavy (non-hydrogen) atoms. The second kappa shape index (κ2) is 6.02. The molecule has 0 radical (unpaired) electrons. The van der Waals surface area contributed by atoms with Crippen LogP contribution in [0.3, 0.4) is 0 Å². The van der Waals surface area contributed by atoms with Crippen molar-refractivity contribution in [3.8, 4) is 0 Å². The fourth-order valence-electron chi connectivity index (χ4n) is 3.79. The summed E-state index contributed by atoms with van der Waals surface area (Å²) in [6, 6.07) is 17.3. The Labute approximate surface area is 161 Å². The number of amides is 2. The van der Waals surface area contributed by atoms with E-state index in [1.54, 1.807) is 4.90 Å². The van der Waals surface area contributed by atoms with Crippen molar-refractivity contribution in [3.05, 3.63) is 65.7 Å². The topological polar surface area (TPSA) is 57.7 Å². The minimum atomic E-state index is -1.61. The lowest BCUT2D eigenvalue weighted by atomic mass is 9.81. The molecule has 2 aromatic carbocycles. The molecule has 0 N–H and O–H groups in total. The predicted octanol–water partition coefficient (Wildman–Crippen LogP) is 3.12. The fraction of sp³-hybridized carbons (Fsp3) is 0.333. The number of carbonyl (C=O) groups is 2. The van der Waals surface area contributed by atoms with E-state index in [1.165, 1.54) is 4.31 Å². The molecule has 0 aliphatic carbocycles. The molecule has 2 aromatic rings. The Kier molecular flexibility index (Phi) is 4.00. The van der Waals surface area contributed by atoms with E-state index in [-0.39, 0.29) is 18.2 Å². The monoisotopic (exact) mass is 382 g/mol.